The number of amides is 1. The van der Waals surface area contributed by atoms with Crippen molar-refractivity contribution in [1.29, 1.82) is 0 Å². The second-order valence-corrected chi connectivity index (χ2v) is 7.59. The molecule has 0 saturated carbocycles. The molecule has 0 aliphatic heterocycles. The monoisotopic (exact) mass is 483 g/mol. The van der Waals surface area contributed by atoms with E-state index in [0.717, 1.165) is 0 Å². The number of ether oxygens (including phenoxy) is 1. The number of anilines is 1. The number of nitro groups is 1. The van der Waals surface area contributed by atoms with Gasteiger partial charge in [-0.05, 0) is 42.5 Å². The summed E-state index contributed by atoms with van der Waals surface area (Å²) in [7, 11) is 1.45. The van der Waals surface area contributed by atoms with Crippen molar-refractivity contribution in [2.24, 2.45) is 0 Å². The van der Waals surface area contributed by atoms with E-state index in [-0.39, 0.29) is 17.3 Å². The van der Waals surface area contributed by atoms with E-state index >= 15 is 0 Å². The first-order valence-electron chi connectivity index (χ1n) is 9.48. The van der Waals surface area contributed by atoms with Gasteiger partial charge < -0.3 is 10.1 Å². The Labute approximate surface area is 197 Å². The molecule has 1 N–H and O–H groups in total. The normalized spacial score (nSPS) is 10.6. The third-order valence-electron chi connectivity index (χ3n) is 4.62. The highest BCUT2D eigenvalue weighted by Crippen LogP contribution is 2.30. The lowest BCUT2D eigenvalue weighted by Gasteiger charge is -2.10. The molecule has 0 unspecified atom stereocenters. The lowest BCUT2D eigenvalue weighted by Crippen LogP contribution is -2.12. The van der Waals surface area contributed by atoms with Gasteiger partial charge >= 0.3 is 6.01 Å². The van der Waals surface area contributed by atoms with Gasteiger partial charge in [-0.2, -0.15) is 4.98 Å². The number of nitrogens with one attached hydrogen (secondary N) is 1. The third kappa shape index (κ3) is 4.79. The van der Waals surface area contributed by atoms with Crippen LogP contribution < -0.4 is 10.1 Å². The molecule has 0 radical (unpaired) electrons. The summed E-state index contributed by atoms with van der Waals surface area (Å²) >= 11 is 12.2. The summed E-state index contributed by atoms with van der Waals surface area (Å²) < 4.78 is 6.73. The number of nitrogens with zero attached hydrogens (tertiary/aromatic N) is 4. The maximum absolute atomic E-state index is 12.6. The minimum Gasteiger partial charge on any atom is -0.466 e. The molecule has 0 fully saturated rings. The van der Waals surface area contributed by atoms with Gasteiger partial charge in [0, 0.05) is 28.9 Å². The van der Waals surface area contributed by atoms with Crippen LogP contribution in [0.3, 0.4) is 0 Å². The first-order chi connectivity index (χ1) is 15.9. The maximum atomic E-state index is 12.6. The number of carbonyl (C=O) groups is 1. The molecule has 4 aromatic rings. The molecule has 33 heavy (non-hydrogen) atoms. The Morgan fingerprint density at radius 3 is 2.58 bits per heavy atom. The molecule has 0 aliphatic carbocycles. The molecule has 0 bridgehead atoms. The topological polar surface area (TPSA) is 112 Å². The highest BCUT2D eigenvalue weighted by molar-refractivity contribution is 6.42. The molecule has 1 heterocycles. The fraction of sp³-hybridized carbons (Fsp3) is 0.0455. The summed E-state index contributed by atoms with van der Waals surface area (Å²) in [4.78, 5) is 27.4. The molecule has 0 spiro atoms. The molecule has 3 aromatic carbocycles. The maximum Gasteiger partial charge on any atom is 0.336 e. The molecule has 9 nitrogen and oxygen atoms in total. The smallest absolute Gasteiger partial charge is 0.336 e. The van der Waals surface area contributed by atoms with E-state index in [1.807, 2.05) is 0 Å². The fourth-order valence-corrected chi connectivity index (χ4v) is 3.36. The summed E-state index contributed by atoms with van der Waals surface area (Å²) in [5.41, 5.74) is 1.69. The number of hydrogen-bond donors (Lipinski definition) is 1. The van der Waals surface area contributed by atoms with Gasteiger partial charge in [0.15, 0.2) is 5.82 Å². The van der Waals surface area contributed by atoms with Gasteiger partial charge in [0.2, 0.25) is 0 Å². The van der Waals surface area contributed by atoms with Gasteiger partial charge in [-0.25, -0.2) is 4.68 Å². The van der Waals surface area contributed by atoms with Crippen LogP contribution in [0.15, 0.2) is 66.7 Å². The van der Waals surface area contributed by atoms with Crippen molar-refractivity contribution in [1.82, 2.24) is 14.8 Å². The zero-order chi connectivity index (χ0) is 23.5. The van der Waals surface area contributed by atoms with Gasteiger partial charge in [0.25, 0.3) is 11.6 Å². The van der Waals surface area contributed by atoms with Gasteiger partial charge in [-0.1, -0.05) is 35.3 Å². The van der Waals surface area contributed by atoms with Crippen LogP contribution in [0.4, 0.5) is 11.4 Å². The van der Waals surface area contributed by atoms with Gasteiger partial charge in [-0.15, -0.1) is 5.10 Å². The van der Waals surface area contributed by atoms with Crippen LogP contribution in [0.5, 0.6) is 6.01 Å². The van der Waals surface area contributed by atoms with Crippen LogP contribution in [-0.2, 0) is 0 Å². The van der Waals surface area contributed by atoms with E-state index in [1.165, 1.54) is 31.4 Å². The highest BCUT2D eigenvalue weighted by Gasteiger charge is 2.17. The number of halogens is 2. The zero-order valence-electron chi connectivity index (χ0n) is 17.0. The second-order valence-electron chi connectivity index (χ2n) is 6.77. The molecule has 166 valence electrons. The van der Waals surface area contributed by atoms with E-state index < -0.39 is 10.8 Å². The van der Waals surface area contributed by atoms with Crippen molar-refractivity contribution in [3.63, 3.8) is 0 Å². The first kappa shape index (κ1) is 22.3. The number of aromatic nitrogens is 3. The van der Waals surface area contributed by atoms with Crippen LogP contribution in [0.25, 0.3) is 17.1 Å². The Kier molecular flexibility index (Phi) is 6.25. The number of rotatable bonds is 6. The second kappa shape index (κ2) is 9.27. The van der Waals surface area contributed by atoms with Crippen LogP contribution in [0, 0.1) is 10.1 Å². The van der Waals surface area contributed by atoms with Crippen molar-refractivity contribution in [2.45, 2.75) is 0 Å². The van der Waals surface area contributed by atoms with E-state index in [2.05, 4.69) is 15.4 Å². The standard InChI is InChI=1S/C22H15Cl2N5O4/c1-33-22-26-20(13-8-9-18(23)19(24)11-13)28(27-22)16-6-3-5-15(12-16)25-21(30)14-4-2-7-17(10-14)29(31)32/h2-12H,1H3,(H,25,30). The Morgan fingerprint density at radius 2 is 1.85 bits per heavy atom. The third-order valence-corrected chi connectivity index (χ3v) is 5.35. The predicted molar refractivity (Wildman–Crippen MR) is 124 cm³/mol. The average Bonchev–Trinajstić information content (AvgIpc) is 3.26. The molecule has 4 rings (SSSR count). The number of non-ortho nitro benzene ring substituents is 1. The Morgan fingerprint density at radius 1 is 1.06 bits per heavy atom. The van der Waals surface area contributed by atoms with Crippen LogP contribution in [-0.4, -0.2) is 32.7 Å². The number of methoxy groups -OCH3 is 1. The SMILES string of the molecule is COc1nc(-c2ccc(Cl)c(Cl)c2)n(-c2cccc(NC(=O)c3cccc([N+](=O)[O-])c3)c2)n1. The number of hydrogen-bond acceptors (Lipinski definition) is 6. The largest absolute Gasteiger partial charge is 0.466 e. The molecular formula is C22H15Cl2N5O4. The van der Waals surface area contributed by atoms with E-state index in [1.54, 1.807) is 47.1 Å². The first-order valence-corrected chi connectivity index (χ1v) is 10.2. The molecule has 11 heteroatoms. The van der Waals surface area contributed by atoms with E-state index in [4.69, 9.17) is 27.9 Å². The van der Waals surface area contributed by atoms with Crippen LogP contribution in [0.1, 0.15) is 10.4 Å². The van der Waals surface area contributed by atoms with Gasteiger partial charge in [0.05, 0.1) is 27.8 Å². The minimum atomic E-state index is -0.556. The molecule has 0 atom stereocenters. The molecule has 1 aromatic heterocycles. The molecule has 0 saturated heterocycles. The van der Waals surface area contributed by atoms with Gasteiger partial charge in [-0.3, -0.25) is 14.9 Å². The molecule has 1 amide bonds. The van der Waals surface area contributed by atoms with Crippen molar-refractivity contribution >= 4 is 40.5 Å². The Hall–Kier alpha value is -3.95. The summed E-state index contributed by atoms with van der Waals surface area (Å²) in [6.45, 7) is 0. The quantitative estimate of drug-likeness (QED) is 0.289. The van der Waals surface area contributed by atoms with E-state index in [0.29, 0.717) is 32.8 Å². The summed E-state index contributed by atoms with van der Waals surface area (Å²) in [6.07, 6.45) is 0. The Balaban J connectivity index is 1.67. The van der Waals surface area contributed by atoms with Crippen LogP contribution in [0.2, 0.25) is 10.0 Å². The number of nitro benzene ring substituents is 1. The number of benzene rings is 3. The lowest BCUT2D eigenvalue weighted by atomic mass is 10.2. The van der Waals surface area contributed by atoms with Crippen molar-refractivity contribution in [3.8, 4) is 23.1 Å². The minimum absolute atomic E-state index is 0.141. The summed E-state index contributed by atoms with van der Waals surface area (Å²) in [6, 6.07) is 17.6. The average molecular weight is 484 g/mol. The number of carbonyl (C=O) groups excluding carboxylic acids is 1. The van der Waals surface area contributed by atoms with E-state index in [9.17, 15) is 14.9 Å². The molecular weight excluding hydrogens is 469 g/mol. The molecule has 0 aliphatic rings. The van der Waals surface area contributed by atoms with Crippen LogP contribution >= 0.6 is 23.2 Å². The fourth-order valence-electron chi connectivity index (χ4n) is 3.06. The predicted octanol–water partition coefficient (Wildman–Crippen LogP) is 5.41. The Bertz CT molecular complexity index is 1370. The zero-order valence-corrected chi connectivity index (χ0v) is 18.5. The summed E-state index contributed by atoms with van der Waals surface area (Å²) in [5.74, 6) is -0.0377. The van der Waals surface area contributed by atoms with Crippen molar-refractivity contribution < 1.29 is 14.5 Å². The van der Waals surface area contributed by atoms with Crippen molar-refractivity contribution in [3.05, 3.63) is 92.5 Å². The highest BCUT2D eigenvalue weighted by atomic mass is 35.5. The lowest BCUT2D eigenvalue weighted by molar-refractivity contribution is -0.384. The van der Waals surface area contributed by atoms with Crippen molar-refractivity contribution in [2.75, 3.05) is 12.4 Å². The summed E-state index contributed by atoms with van der Waals surface area (Å²) in [5, 5.41) is 18.8. The van der Waals surface area contributed by atoms with Gasteiger partial charge in [0.1, 0.15) is 0 Å².